The second-order valence-electron chi connectivity index (χ2n) is 6.88. The van der Waals surface area contributed by atoms with E-state index in [-0.39, 0.29) is 0 Å². The molecule has 20 heavy (non-hydrogen) atoms. The van der Waals surface area contributed by atoms with E-state index in [0.717, 1.165) is 0 Å². The molecule has 0 bridgehead atoms. The molecule has 2 nitrogen and oxygen atoms in total. The fourth-order valence-corrected chi connectivity index (χ4v) is 10.5. The molecular formula is C17H39InN2. The fourth-order valence-electron chi connectivity index (χ4n) is 3.04. The second kappa shape index (κ2) is 12.3. The zero-order valence-electron chi connectivity index (χ0n) is 15.3. The predicted molar refractivity (Wildman–Crippen MR) is 95.2 cm³/mol. The third kappa shape index (κ3) is 9.68. The van der Waals surface area contributed by atoms with Crippen LogP contribution in [0.25, 0.3) is 0 Å². The fraction of sp³-hybridized carbons (Fsp3) is 1.00. The van der Waals surface area contributed by atoms with E-state index in [0.29, 0.717) is 12.1 Å². The molecule has 0 aromatic carbocycles. The molecule has 0 heterocycles. The van der Waals surface area contributed by atoms with Crippen molar-refractivity contribution < 1.29 is 0 Å². The molecule has 0 unspecified atom stereocenters. The average Bonchev–Trinajstić information content (AvgIpc) is 2.40. The van der Waals surface area contributed by atoms with E-state index < -0.39 is 21.4 Å². The Kier molecular flexibility index (Phi) is 12.8. The third-order valence-corrected chi connectivity index (χ3v) is 14.9. The molecular weight excluding hydrogens is 347 g/mol. The summed E-state index contributed by atoms with van der Waals surface area (Å²) in [4.78, 5) is 5.11. The van der Waals surface area contributed by atoms with Crippen LogP contribution in [0.5, 0.6) is 0 Å². The second-order valence-corrected chi connectivity index (χ2v) is 17.4. The van der Waals surface area contributed by atoms with Crippen LogP contribution in [-0.2, 0) is 0 Å². The van der Waals surface area contributed by atoms with E-state index in [1.165, 1.54) is 32.5 Å². The molecule has 0 rings (SSSR count). The molecule has 0 radical (unpaired) electrons. The topological polar surface area (TPSA) is 6.48 Å². The van der Waals surface area contributed by atoms with Crippen LogP contribution in [0.4, 0.5) is 0 Å². The van der Waals surface area contributed by atoms with Gasteiger partial charge in [0.1, 0.15) is 0 Å². The summed E-state index contributed by atoms with van der Waals surface area (Å²) in [5, 5.41) is 0. The molecule has 0 saturated heterocycles. The maximum atomic E-state index is 2.66. The van der Waals surface area contributed by atoms with Crippen molar-refractivity contribution in [3.63, 3.8) is 0 Å². The van der Waals surface area contributed by atoms with Crippen molar-refractivity contribution in [3.8, 4) is 0 Å². The van der Waals surface area contributed by atoms with Gasteiger partial charge in [0, 0.05) is 0 Å². The first kappa shape index (κ1) is 20.8. The van der Waals surface area contributed by atoms with Gasteiger partial charge in [-0.1, -0.05) is 0 Å². The van der Waals surface area contributed by atoms with Gasteiger partial charge in [-0.25, -0.2) is 0 Å². The van der Waals surface area contributed by atoms with Crippen molar-refractivity contribution in [2.45, 2.75) is 79.0 Å². The van der Waals surface area contributed by atoms with Crippen LogP contribution in [0.2, 0.25) is 12.5 Å². The molecule has 0 atom stereocenters. The molecule has 0 spiro atoms. The molecule has 0 aliphatic rings. The van der Waals surface area contributed by atoms with Gasteiger partial charge in [0.15, 0.2) is 0 Å². The summed E-state index contributed by atoms with van der Waals surface area (Å²) in [6.45, 7) is 17.9. The quantitative estimate of drug-likeness (QED) is 0.492. The van der Waals surface area contributed by atoms with Crippen molar-refractivity contribution in [1.82, 2.24) is 9.80 Å². The third-order valence-electron chi connectivity index (χ3n) is 4.62. The first-order valence-corrected chi connectivity index (χ1v) is 15.9. The Labute approximate surface area is 136 Å². The van der Waals surface area contributed by atoms with Gasteiger partial charge in [-0.2, -0.15) is 0 Å². The molecule has 120 valence electrons. The number of hydrogen-bond acceptors (Lipinski definition) is 2. The van der Waals surface area contributed by atoms with E-state index in [2.05, 4.69) is 58.4 Å². The van der Waals surface area contributed by atoms with Crippen LogP contribution in [0.15, 0.2) is 0 Å². The Balaban J connectivity index is 3.88. The van der Waals surface area contributed by atoms with Gasteiger partial charge < -0.3 is 0 Å². The van der Waals surface area contributed by atoms with E-state index in [1.54, 1.807) is 12.5 Å². The van der Waals surface area contributed by atoms with Gasteiger partial charge in [0.05, 0.1) is 0 Å². The normalized spacial score (nSPS) is 12.2. The number of hydrogen-bond donors (Lipinski definition) is 0. The summed E-state index contributed by atoms with van der Waals surface area (Å²) in [5.74, 6) is 0. The van der Waals surface area contributed by atoms with Crippen LogP contribution in [0.3, 0.4) is 0 Å². The number of rotatable bonds is 12. The van der Waals surface area contributed by atoms with E-state index in [4.69, 9.17) is 0 Å². The molecule has 0 aliphatic carbocycles. The Morgan fingerprint density at radius 1 is 0.850 bits per heavy atom. The van der Waals surface area contributed by atoms with Crippen molar-refractivity contribution >= 4 is 21.4 Å². The van der Waals surface area contributed by atoms with E-state index in [9.17, 15) is 0 Å². The molecule has 0 N–H and O–H groups in total. The summed E-state index contributed by atoms with van der Waals surface area (Å²) in [6.07, 6.45) is 2.91. The Morgan fingerprint density at radius 2 is 1.35 bits per heavy atom. The van der Waals surface area contributed by atoms with Gasteiger partial charge in [0.2, 0.25) is 0 Å². The molecule has 0 aliphatic heterocycles. The molecule has 0 aromatic heterocycles. The first-order chi connectivity index (χ1) is 9.42. The Morgan fingerprint density at radius 3 is 1.75 bits per heavy atom. The molecule has 0 saturated carbocycles. The zero-order chi connectivity index (χ0) is 15.5. The molecule has 0 aromatic rings. The minimum atomic E-state index is -1.17. The summed E-state index contributed by atoms with van der Waals surface area (Å²) in [7, 11) is 2.25. The van der Waals surface area contributed by atoms with Crippen molar-refractivity contribution in [2.24, 2.45) is 0 Å². The molecule has 0 amide bonds. The van der Waals surface area contributed by atoms with Crippen LogP contribution in [0.1, 0.15) is 54.4 Å². The van der Waals surface area contributed by atoms with E-state index >= 15 is 0 Å². The first-order valence-electron chi connectivity index (χ1n) is 8.86. The summed E-state index contributed by atoms with van der Waals surface area (Å²) in [5.41, 5.74) is 0. The predicted octanol–water partition coefficient (Wildman–Crippen LogP) is 4.35. The summed E-state index contributed by atoms with van der Waals surface area (Å²) >= 11 is -1.17. The van der Waals surface area contributed by atoms with Crippen molar-refractivity contribution in [1.29, 1.82) is 0 Å². The Hall–Kier alpha value is 0.790. The molecule has 0 fully saturated rings. The van der Waals surface area contributed by atoms with Crippen LogP contribution >= 0.6 is 0 Å². The molecule has 3 heteroatoms. The average molecular weight is 386 g/mol. The minimum absolute atomic E-state index is 0.698. The Bertz CT molecular complexity index is 211. The van der Waals surface area contributed by atoms with Crippen LogP contribution in [-0.4, -0.2) is 70.0 Å². The van der Waals surface area contributed by atoms with Crippen LogP contribution < -0.4 is 0 Å². The van der Waals surface area contributed by atoms with Gasteiger partial charge >= 0.3 is 137 Å². The monoisotopic (exact) mass is 386 g/mol. The SMILES string of the molecule is CCN(C)CC[CH2][In]([CH2]C)[CH2]CCN(C(C)C)C(C)C. The van der Waals surface area contributed by atoms with Crippen molar-refractivity contribution in [2.75, 3.05) is 26.7 Å². The zero-order valence-corrected chi connectivity index (χ0v) is 18.6. The van der Waals surface area contributed by atoms with Crippen LogP contribution in [0, 0.1) is 0 Å². The summed E-state index contributed by atoms with van der Waals surface area (Å²) < 4.78 is 4.79. The standard InChI is InChI=1S/C9H20N.C6H14N.C2H5.In/c1-6-7-10(8(2)3)9(4)5;1-4-6-7(3)5-2;1-2;/h8-9H,1,6-7H2,2-5H3;1,4-6H2,2-3H3;1H2,2H3;. The van der Waals surface area contributed by atoms with Gasteiger partial charge in [-0.15, -0.1) is 0 Å². The maximum absolute atomic E-state index is 2.66. The number of nitrogens with zero attached hydrogens (tertiary/aromatic N) is 2. The van der Waals surface area contributed by atoms with E-state index in [1.807, 2.05) is 0 Å². The van der Waals surface area contributed by atoms with Crippen molar-refractivity contribution in [3.05, 3.63) is 0 Å². The van der Waals surface area contributed by atoms with Gasteiger partial charge in [-0.3, -0.25) is 0 Å². The van der Waals surface area contributed by atoms with Gasteiger partial charge in [-0.05, 0) is 0 Å². The summed E-state index contributed by atoms with van der Waals surface area (Å²) in [6, 6.07) is 1.40. The van der Waals surface area contributed by atoms with Gasteiger partial charge in [0.25, 0.3) is 0 Å².